The zero-order valence-electron chi connectivity index (χ0n) is 15.1. The number of rotatable bonds is 5. The summed E-state index contributed by atoms with van der Waals surface area (Å²) in [6.45, 7) is 3.69. The van der Waals surface area contributed by atoms with Crippen molar-refractivity contribution in [1.82, 2.24) is 20.6 Å². The molecule has 0 radical (unpaired) electrons. The molecule has 138 valence electrons. The van der Waals surface area contributed by atoms with E-state index in [1.54, 1.807) is 41.2 Å². The van der Waals surface area contributed by atoms with E-state index in [0.29, 0.717) is 11.3 Å². The summed E-state index contributed by atoms with van der Waals surface area (Å²) in [5.74, 6) is -0.266. The van der Waals surface area contributed by atoms with Gasteiger partial charge in [0, 0.05) is 17.5 Å². The molecule has 0 spiro atoms. The van der Waals surface area contributed by atoms with Crippen molar-refractivity contribution in [2.45, 2.75) is 13.8 Å². The Hall–Kier alpha value is -3.61. The van der Waals surface area contributed by atoms with E-state index in [0.717, 1.165) is 16.9 Å². The van der Waals surface area contributed by atoms with Gasteiger partial charge < -0.3 is 4.74 Å². The summed E-state index contributed by atoms with van der Waals surface area (Å²) in [7, 11) is 0. The number of benzene rings is 2. The number of nitrogens with zero attached hydrogens (tertiary/aromatic N) is 2. The van der Waals surface area contributed by atoms with E-state index in [1.807, 2.05) is 38.1 Å². The van der Waals surface area contributed by atoms with E-state index in [9.17, 15) is 9.59 Å². The first-order valence-corrected chi connectivity index (χ1v) is 8.42. The number of ether oxygens (including phenoxy) is 1. The number of aryl methyl sites for hydroxylation is 2. The van der Waals surface area contributed by atoms with Gasteiger partial charge in [0.1, 0.15) is 5.75 Å². The van der Waals surface area contributed by atoms with Crippen LogP contribution in [0.4, 0.5) is 0 Å². The van der Waals surface area contributed by atoms with Crippen LogP contribution < -0.4 is 15.6 Å². The van der Waals surface area contributed by atoms with Crippen LogP contribution in [0.1, 0.15) is 21.6 Å². The van der Waals surface area contributed by atoms with E-state index >= 15 is 0 Å². The highest BCUT2D eigenvalue weighted by molar-refractivity contribution is 5.95. The van der Waals surface area contributed by atoms with Crippen LogP contribution in [0, 0.1) is 13.8 Å². The van der Waals surface area contributed by atoms with Gasteiger partial charge in [0.15, 0.2) is 6.61 Å². The van der Waals surface area contributed by atoms with Gasteiger partial charge in [0.25, 0.3) is 11.8 Å². The van der Waals surface area contributed by atoms with Crippen molar-refractivity contribution in [2.24, 2.45) is 0 Å². The normalized spacial score (nSPS) is 10.3. The van der Waals surface area contributed by atoms with Crippen LogP contribution in [0.25, 0.3) is 5.69 Å². The molecule has 0 saturated heterocycles. The molecule has 0 aliphatic rings. The topological polar surface area (TPSA) is 85.3 Å². The fraction of sp³-hybridized carbons (Fsp3) is 0.150. The number of aromatic nitrogens is 2. The quantitative estimate of drug-likeness (QED) is 0.681. The average molecular weight is 364 g/mol. The summed E-state index contributed by atoms with van der Waals surface area (Å²) in [6, 6.07) is 16.2. The molecule has 0 aliphatic carbocycles. The highest BCUT2D eigenvalue weighted by Crippen LogP contribution is 2.12. The largest absolute Gasteiger partial charge is 0.484 e. The molecule has 2 aromatic carbocycles. The molecule has 3 rings (SSSR count). The number of hydrogen-bond acceptors (Lipinski definition) is 4. The predicted molar refractivity (Wildman–Crippen MR) is 101 cm³/mol. The van der Waals surface area contributed by atoms with Gasteiger partial charge in [-0.3, -0.25) is 20.4 Å². The maximum Gasteiger partial charge on any atom is 0.276 e. The smallest absolute Gasteiger partial charge is 0.276 e. The third-order valence-electron chi connectivity index (χ3n) is 3.88. The number of carbonyl (C=O) groups excluding carboxylic acids is 2. The first-order valence-electron chi connectivity index (χ1n) is 8.42. The van der Waals surface area contributed by atoms with Gasteiger partial charge in [-0.1, -0.05) is 12.1 Å². The average Bonchev–Trinajstić information content (AvgIpc) is 3.10. The number of amides is 2. The fourth-order valence-corrected chi connectivity index (χ4v) is 2.48. The second-order valence-corrected chi connectivity index (χ2v) is 6.04. The zero-order chi connectivity index (χ0) is 19.2. The van der Waals surface area contributed by atoms with Crippen LogP contribution in [0.5, 0.6) is 5.75 Å². The van der Waals surface area contributed by atoms with E-state index in [2.05, 4.69) is 16.0 Å². The van der Waals surface area contributed by atoms with Crippen LogP contribution >= 0.6 is 0 Å². The molecule has 1 aromatic heterocycles. The van der Waals surface area contributed by atoms with Crippen LogP contribution in [0.3, 0.4) is 0 Å². The monoisotopic (exact) mass is 364 g/mol. The van der Waals surface area contributed by atoms with Gasteiger partial charge >= 0.3 is 0 Å². The molecule has 3 aromatic rings. The number of nitrogens with one attached hydrogen (secondary N) is 2. The molecule has 27 heavy (non-hydrogen) atoms. The van der Waals surface area contributed by atoms with Crippen molar-refractivity contribution in [2.75, 3.05) is 6.61 Å². The summed E-state index contributed by atoms with van der Waals surface area (Å²) in [4.78, 5) is 24.0. The third-order valence-corrected chi connectivity index (χ3v) is 3.88. The van der Waals surface area contributed by atoms with Crippen LogP contribution in [-0.2, 0) is 4.79 Å². The van der Waals surface area contributed by atoms with Gasteiger partial charge in [-0.05, 0) is 61.9 Å². The van der Waals surface area contributed by atoms with Crippen LogP contribution in [0.15, 0.2) is 60.8 Å². The van der Waals surface area contributed by atoms with E-state index in [4.69, 9.17) is 4.74 Å². The Morgan fingerprint density at radius 2 is 1.81 bits per heavy atom. The lowest BCUT2D eigenvalue weighted by Gasteiger charge is -2.10. The SMILES string of the molecule is Cc1cccc(OCC(=O)NNC(=O)c2ccc(-n3nccc3C)cc2)c1. The maximum atomic E-state index is 12.1. The van der Waals surface area contributed by atoms with Gasteiger partial charge in [0.2, 0.25) is 0 Å². The number of carbonyl (C=O) groups is 2. The molecule has 0 fully saturated rings. The van der Waals surface area contributed by atoms with E-state index in [1.165, 1.54) is 0 Å². The molecule has 0 saturated carbocycles. The Labute approximate surface area is 156 Å². The molecule has 2 amide bonds. The molecular formula is C20H20N4O3. The number of hydrogen-bond donors (Lipinski definition) is 2. The number of hydrazine groups is 1. The van der Waals surface area contributed by atoms with Gasteiger partial charge in [-0.15, -0.1) is 0 Å². The molecule has 0 bridgehead atoms. The fourth-order valence-electron chi connectivity index (χ4n) is 2.48. The van der Waals surface area contributed by atoms with Gasteiger partial charge in [-0.2, -0.15) is 5.10 Å². The maximum absolute atomic E-state index is 12.1. The van der Waals surface area contributed by atoms with Gasteiger partial charge in [-0.25, -0.2) is 4.68 Å². The first-order chi connectivity index (χ1) is 13.0. The zero-order valence-corrected chi connectivity index (χ0v) is 15.1. The lowest BCUT2D eigenvalue weighted by atomic mass is 10.2. The summed E-state index contributed by atoms with van der Waals surface area (Å²) < 4.78 is 7.15. The lowest BCUT2D eigenvalue weighted by Crippen LogP contribution is -2.43. The van der Waals surface area contributed by atoms with Crippen molar-refractivity contribution in [3.05, 3.63) is 77.6 Å². The third kappa shape index (κ3) is 4.72. The molecular weight excluding hydrogens is 344 g/mol. The van der Waals surface area contributed by atoms with E-state index in [-0.39, 0.29) is 6.61 Å². The second kappa shape index (κ2) is 8.18. The molecule has 1 heterocycles. The van der Waals surface area contributed by atoms with Crippen molar-refractivity contribution >= 4 is 11.8 Å². The highest BCUT2D eigenvalue weighted by atomic mass is 16.5. The van der Waals surface area contributed by atoms with Crippen molar-refractivity contribution in [3.63, 3.8) is 0 Å². The van der Waals surface area contributed by atoms with Gasteiger partial charge in [0.05, 0.1) is 5.69 Å². The Kier molecular flexibility index (Phi) is 5.51. The minimum absolute atomic E-state index is 0.193. The van der Waals surface area contributed by atoms with Crippen LogP contribution in [-0.4, -0.2) is 28.2 Å². The van der Waals surface area contributed by atoms with Crippen molar-refractivity contribution < 1.29 is 14.3 Å². The summed E-state index contributed by atoms with van der Waals surface area (Å²) >= 11 is 0. The summed E-state index contributed by atoms with van der Waals surface area (Å²) in [5, 5.41) is 4.22. The minimum atomic E-state index is -0.450. The standard InChI is InChI=1S/C20H20N4O3/c1-14-4-3-5-18(12-14)27-13-19(25)22-23-20(26)16-6-8-17(9-7-16)24-15(2)10-11-21-24/h3-12H,13H2,1-2H3,(H,22,25)(H,23,26). The molecule has 0 atom stereocenters. The predicted octanol–water partition coefficient (Wildman–Crippen LogP) is 2.33. The molecule has 0 unspecified atom stereocenters. The highest BCUT2D eigenvalue weighted by Gasteiger charge is 2.09. The molecule has 7 heteroatoms. The summed E-state index contributed by atoms with van der Waals surface area (Å²) in [5.41, 5.74) is 8.01. The van der Waals surface area contributed by atoms with Crippen molar-refractivity contribution in [1.29, 1.82) is 0 Å². The lowest BCUT2D eigenvalue weighted by molar-refractivity contribution is -0.123. The Balaban J connectivity index is 1.50. The Morgan fingerprint density at radius 3 is 2.48 bits per heavy atom. The Morgan fingerprint density at radius 1 is 1.04 bits per heavy atom. The van der Waals surface area contributed by atoms with Crippen LogP contribution in [0.2, 0.25) is 0 Å². The second-order valence-electron chi connectivity index (χ2n) is 6.04. The summed E-state index contributed by atoms with van der Waals surface area (Å²) in [6.07, 6.45) is 1.71. The first kappa shape index (κ1) is 18.2. The Bertz CT molecular complexity index is 948. The molecule has 0 aliphatic heterocycles. The van der Waals surface area contributed by atoms with Crippen molar-refractivity contribution in [3.8, 4) is 11.4 Å². The molecule has 7 nitrogen and oxygen atoms in total. The van der Waals surface area contributed by atoms with E-state index < -0.39 is 11.8 Å². The minimum Gasteiger partial charge on any atom is -0.484 e. The molecule has 2 N–H and O–H groups in total.